The third-order valence-corrected chi connectivity index (χ3v) is 4.69. The molecule has 4 rings (SSSR count). The Balaban J connectivity index is 1.59. The second-order valence-corrected chi connectivity index (χ2v) is 7.25. The highest BCUT2D eigenvalue weighted by Gasteiger charge is 2.21. The van der Waals surface area contributed by atoms with Crippen LogP contribution in [0.15, 0.2) is 66.7 Å². The van der Waals surface area contributed by atoms with Crippen molar-refractivity contribution in [2.45, 2.75) is 6.04 Å². The number of aromatic nitrogens is 3. The van der Waals surface area contributed by atoms with Gasteiger partial charge in [-0.2, -0.15) is 15.0 Å². The molecule has 0 spiro atoms. The molecule has 0 aliphatic heterocycles. The van der Waals surface area contributed by atoms with Crippen molar-refractivity contribution in [3.05, 3.63) is 77.6 Å². The highest BCUT2D eigenvalue weighted by atomic mass is 35.5. The van der Waals surface area contributed by atoms with Gasteiger partial charge in [0.1, 0.15) is 5.75 Å². The van der Waals surface area contributed by atoms with Crippen molar-refractivity contribution < 1.29 is 19.4 Å². The minimum Gasteiger partial charge on any atom is -0.480 e. The van der Waals surface area contributed by atoms with E-state index in [2.05, 4.69) is 25.6 Å². The van der Waals surface area contributed by atoms with E-state index in [-0.39, 0.29) is 17.8 Å². The van der Waals surface area contributed by atoms with Gasteiger partial charge in [-0.05, 0) is 47.2 Å². The van der Waals surface area contributed by atoms with E-state index in [0.29, 0.717) is 16.5 Å². The molecule has 2 amide bonds. The number of urea groups is 1. The Hall–Kier alpha value is -4.28. The first-order valence-electron chi connectivity index (χ1n) is 9.62. The summed E-state index contributed by atoms with van der Waals surface area (Å²) in [5.74, 6) is -1.46. The van der Waals surface area contributed by atoms with Gasteiger partial charge < -0.3 is 20.9 Å². The number of carbonyl (C=O) groups excluding carboxylic acids is 1. The molecule has 166 valence electrons. The van der Waals surface area contributed by atoms with E-state index in [1.165, 1.54) is 0 Å². The van der Waals surface area contributed by atoms with E-state index in [0.717, 1.165) is 10.8 Å². The van der Waals surface area contributed by atoms with Crippen molar-refractivity contribution in [3.63, 3.8) is 0 Å². The number of benzene rings is 3. The number of amides is 2. The van der Waals surface area contributed by atoms with Crippen LogP contribution in [0.25, 0.3) is 10.8 Å². The second-order valence-electron chi connectivity index (χ2n) is 6.81. The van der Waals surface area contributed by atoms with E-state index in [9.17, 15) is 14.7 Å². The first-order valence-corrected chi connectivity index (χ1v) is 10.00. The number of fused-ring (bicyclic) bond motifs is 1. The molecule has 0 radical (unpaired) electrons. The van der Waals surface area contributed by atoms with E-state index in [1.807, 2.05) is 30.3 Å². The molecule has 4 aromatic rings. The van der Waals surface area contributed by atoms with Gasteiger partial charge in [0.2, 0.25) is 5.95 Å². The topological polar surface area (TPSA) is 152 Å². The van der Waals surface area contributed by atoms with E-state index in [1.54, 1.807) is 36.4 Å². The summed E-state index contributed by atoms with van der Waals surface area (Å²) < 4.78 is 5.71. The molecule has 0 bridgehead atoms. The molecule has 1 heterocycles. The second kappa shape index (κ2) is 9.47. The summed E-state index contributed by atoms with van der Waals surface area (Å²) in [6.07, 6.45) is 0. The Labute approximate surface area is 192 Å². The Morgan fingerprint density at radius 3 is 2.39 bits per heavy atom. The van der Waals surface area contributed by atoms with Crippen LogP contribution in [0.4, 0.5) is 16.4 Å². The number of nitrogens with zero attached hydrogens (tertiary/aromatic N) is 3. The Morgan fingerprint density at radius 1 is 0.939 bits per heavy atom. The summed E-state index contributed by atoms with van der Waals surface area (Å²) in [5.41, 5.74) is 6.14. The lowest BCUT2D eigenvalue weighted by Gasteiger charge is -2.12. The van der Waals surface area contributed by atoms with Crippen LogP contribution in [-0.2, 0) is 4.79 Å². The third-order valence-electron chi connectivity index (χ3n) is 4.43. The number of rotatable bonds is 6. The Kier molecular flexibility index (Phi) is 6.29. The largest absolute Gasteiger partial charge is 0.480 e. The normalized spacial score (nSPS) is 11.6. The number of carboxylic acid groups (broad SMARTS) is 1. The number of nitrogens with one attached hydrogen (secondary N) is 2. The molecule has 1 atom stereocenters. The summed E-state index contributed by atoms with van der Waals surface area (Å²) in [6, 6.07) is 17.0. The average Bonchev–Trinajstić information content (AvgIpc) is 2.79. The van der Waals surface area contributed by atoms with Gasteiger partial charge in [0, 0.05) is 10.7 Å². The number of hydrogen-bond donors (Lipinski definition) is 4. The molecule has 0 aliphatic rings. The van der Waals surface area contributed by atoms with Crippen molar-refractivity contribution in [2.24, 2.45) is 5.73 Å². The number of ether oxygens (including phenoxy) is 1. The molecule has 1 unspecified atom stereocenters. The van der Waals surface area contributed by atoms with Crippen molar-refractivity contribution >= 4 is 46.0 Å². The summed E-state index contributed by atoms with van der Waals surface area (Å²) in [5, 5.41) is 16.7. The molecule has 0 fully saturated rings. The molecule has 11 heteroatoms. The number of carboxylic acids is 1. The molecular weight excluding hydrogens is 448 g/mol. The molecule has 3 aromatic carbocycles. The monoisotopic (exact) mass is 464 g/mol. The van der Waals surface area contributed by atoms with Gasteiger partial charge >= 0.3 is 18.0 Å². The van der Waals surface area contributed by atoms with Crippen LogP contribution in [0.3, 0.4) is 0 Å². The maximum absolute atomic E-state index is 12.4. The van der Waals surface area contributed by atoms with Crippen molar-refractivity contribution in [1.82, 2.24) is 15.0 Å². The minimum atomic E-state index is -1.55. The van der Waals surface area contributed by atoms with Crippen LogP contribution in [0.1, 0.15) is 11.9 Å². The van der Waals surface area contributed by atoms with Crippen molar-refractivity contribution in [2.75, 3.05) is 10.6 Å². The number of nitrogens with two attached hydrogens (primary N) is 1. The Bertz CT molecular complexity index is 1330. The quantitative estimate of drug-likeness (QED) is 0.331. The highest BCUT2D eigenvalue weighted by molar-refractivity contribution is 6.30. The SMILES string of the molecule is NC(C(=O)O)c1nc(NC(=O)Nc2ccc(Cl)cc2)nc(Oc2ccc3ccccc3c2)n1. The minimum absolute atomic E-state index is 0.228. The number of aliphatic carboxylic acids is 1. The molecule has 0 saturated carbocycles. The number of anilines is 2. The standard InChI is InChI=1S/C22H17ClN6O4/c23-14-6-8-15(9-7-14)25-21(32)28-20-26-18(17(24)19(30)31)27-22(29-20)33-16-10-5-12-3-1-2-4-13(12)11-16/h1-11,17H,24H2,(H,30,31)(H2,25,26,27,28,29,32). The zero-order valence-corrected chi connectivity index (χ0v) is 17.7. The first-order chi connectivity index (χ1) is 15.9. The summed E-state index contributed by atoms with van der Waals surface area (Å²) in [7, 11) is 0. The maximum Gasteiger partial charge on any atom is 0.328 e. The lowest BCUT2D eigenvalue weighted by atomic mass is 10.1. The van der Waals surface area contributed by atoms with Crippen LogP contribution in [-0.4, -0.2) is 32.1 Å². The predicted octanol–water partition coefficient (Wildman–Crippen LogP) is 4.20. The van der Waals surface area contributed by atoms with Crippen LogP contribution >= 0.6 is 11.6 Å². The van der Waals surface area contributed by atoms with E-state index in [4.69, 9.17) is 22.1 Å². The van der Waals surface area contributed by atoms with Crippen LogP contribution in [0, 0.1) is 0 Å². The van der Waals surface area contributed by atoms with Gasteiger partial charge in [0.05, 0.1) is 0 Å². The molecule has 5 N–H and O–H groups in total. The highest BCUT2D eigenvalue weighted by Crippen LogP contribution is 2.25. The summed E-state index contributed by atoms with van der Waals surface area (Å²) in [6.45, 7) is 0. The van der Waals surface area contributed by atoms with Crippen LogP contribution < -0.4 is 21.1 Å². The van der Waals surface area contributed by atoms with E-state index < -0.39 is 18.0 Å². The van der Waals surface area contributed by atoms with Gasteiger partial charge in [-0.3, -0.25) is 10.1 Å². The molecule has 1 aromatic heterocycles. The molecule has 10 nitrogen and oxygen atoms in total. The fourth-order valence-corrected chi connectivity index (χ4v) is 2.98. The number of halogens is 1. The summed E-state index contributed by atoms with van der Waals surface area (Å²) in [4.78, 5) is 35.7. The Morgan fingerprint density at radius 2 is 1.67 bits per heavy atom. The third kappa shape index (κ3) is 5.50. The smallest absolute Gasteiger partial charge is 0.328 e. The van der Waals surface area contributed by atoms with Gasteiger partial charge in [-0.1, -0.05) is 41.9 Å². The number of carbonyl (C=O) groups is 2. The van der Waals surface area contributed by atoms with Gasteiger partial charge in [0.25, 0.3) is 0 Å². The van der Waals surface area contributed by atoms with Crippen LogP contribution in [0.2, 0.25) is 5.02 Å². The van der Waals surface area contributed by atoms with Crippen molar-refractivity contribution in [1.29, 1.82) is 0 Å². The zero-order chi connectivity index (χ0) is 23.4. The fraction of sp³-hybridized carbons (Fsp3) is 0.0455. The predicted molar refractivity (Wildman–Crippen MR) is 123 cm³/mol. The van der Waals surface area contributed by atoms with Gasteiger partial charge in [-0.25, -0.2) is 4.79 Å². The maximum atomic E-state index is 12.4. The molecular formula is C22H17ClN6O4. The molecule has 0 aliphatic carbocycles. The zero-order valence-electron chi connectivity index (χ0n) is 16.9. The lowest BCUT2D eigenvalue weighted by molar-refractivity contribution is -0.138. The molecule has 33 heavy (non-hydrogen) atoms. The van der Waals surface area contributed by atoms with Crippen LogP contribution in [0.5, 0.6) is 11.8 Å². The van der Waals surface area contributed by atoms with E-state index >= 15 is 0 Å². The van der Waals surface area contributed by atoms with Crippen molar-refractivity contribution in [3.8, 4) is 11.8 Å². The summed E-state index contributed by atoms with van der Waals surface area (Å²) >= 11 is 5.84. The average molecular weight is 465 g/mol. The fourth-order valence-electron chi connectivity index (χ4n) is 2.86. The van der Waals surface area contributed by atoms with Gasteiger partial charge in [0.15, 0.2) is 11.9 Å². The lowest BCUT2D eigenvalue weighted by Crippen LogP contribution is -2.26. The first kappa shape index (κ1) is 21.9. The van der Waals surface area contributed by atoms with Gasteiger partial charge in [-0.15, -0.1) is 0 Å². The number of hydrogen-bond acceptors (Lipinski definition) is 7. The molecule has 0 saturated heterocycles.